The Morgan fingerprint density at radius 2 is 2.40 bits per heavy atom. The lowest BCUT2D eigenvalue weighted by molar-refractivity contribution is -0.131. The lowest BCUT2D eigenvalue weighted by Gasteiger charge is -2.35. The third-order valence-corrected chi connectivity index (χ3v) is 4.76. The third-order valence-electron chi connectivity index (χ3n) is 3.82. The fourth-order valence-electron chi connectivity index (χ4n) is 2.86. The van der Waals surface area contributed by atoms with E-state index in [1.165, 1.54) is 49.6 Å². The standard InChI is InChI=1S/C16H23NO2S/c1-2-5-14-6-3-4-9-17(14)11-15-10-13(12-20-15)7-8-16(18)19/h7-8,10,12,14H,2-6,9,11H2,1H3,(H,18,19)/b8-7+. The van der Waals surface area contributed by atoms with Crippen LogP contribution in [0.15, 0.2) is 17.5 Å². The molecule has 0 radical (unpaired) electrons. The van der Waals surface area contributed by atoms with Gasteiger partial charge in [-0.05, 0) is 48.9 Å². The predicted octanol–water partition coefficient (Wildman–Crippen LogP) is 4.00. The molecule has 0 aromatic carbocycles. The molecule has 110 valence electrons. The monoisotopic (exact) mass is 293 g/mol. The maximum absolute atomic E-state index is 10.5. The van der Waals surface area contributed by atoms with Crippen LogP contribution in [0.4, 0.5) is 0 Å². The molecular formula is C16H23NO2S. The molecule has 2 heterocycles. The number of carboxylic acid groups (broad SMARTS) is 1. The predicted molar refractivity (Wildman–Crippen MR) is 83.9 cm³/mol. The van der Waals surface area contributed by atoms with E-state index in [4.69, 9.17) is 5.11 Å². The number of thiophene rings is 1. The number of rotatable bonds is 6. The van der Waals surface area contributed by atoms with Crippen LogP contribution in [-0.2, 0) is 11.3 Å². The Bertz CT molecular complexity index is 465. The SMILES string of the molecule is CCCC1CCCCN1Cc1cc(/C=C/C(=O)O)cs1. The van der Waals surface area contributed by atoms with Gasteiger partial charge in [0.25, 0.3) is 0 Å². The van der Waals surface area contributed by atoms with Gasteiger partial charge in [0.05, 0.1) is 0 Å². The summed E-state index contributed by atoms with van der Waals surface area (Å²) in [4.78, 5) is 14.5. The van der Waals surface area contributed by atoms with Crippen molar-refractivity contribution < 1.29 is 9.90 Å². The Labute approximate surface area is 124 Å². The first-order chi connectivity index (χ1) is 9.69. The van der Waals surface area contributed by atoms with Crippen LogP contribution in [0.25, 0.3) is 6.08 Å². The smallest absolute Gasteiger partial charge is 0.328 e. The van der Waals surface area contributed by atoms with E-state index in [1.54, 1.807) is 17.4 Å². The molecule has 1 saturated heterocycles. The van der Waals surface area contributed by atoms with E-state index >= 15 is 0 Å². The molecule has 0 aliphatic carbocycles. The molecule has 1 unspecified atom stereocenters. The van der Waals surface area contributed by atoms with E-state index in [-0.39, 0.29) is 0 Å². The van der Waals surface area contributed by atoms with Crippen LogP contribution in [0.5, 0.6) is 0 Å². The van der Waals surface area contributed by atoms with Crippen LogP contribution in [0.3, 0.4) is 0 Å². The number of hydrogen-bond donors (Lipinski definition) is 1. The van der Waals surface area contributed by atoms with Crippen molar-refractivity contribution in [2.75, 3.05) is 6.54 Å². The first kappa shape index (κ1) is 15.3. The van der Waals surface area contributed by atoms with E-state index in [2.05, 4.69) is 17.9 Å². The lowest BCUT2D eigenvalue weighted by atomic mass is 9.98. The fraction of sp³-hybridized carbons (Fsp3) is 0.562. The summed E-state index contributed by atoms with van der Waals surface area (Å²) in [5.74, 6) is -0.892. The van der Waals surface area contributed by atoms with Crippen molar-refractivity contribution in [1.82, 2.24) is 4.90 Å². The molecule has 0 bridgehead atoms. The summed E-state index contributed by atoms with van der Waals surface area (Å²) in [6.07, 6.45) is 9.39. The quantitative estimate of drug-likeness (QED) is 0.806. The van der Waals surface area contributed by atoms with Gasteiger partial charge in [0, 0.05) is 23.5 Å². The second-order valence-electron chi connectivity index (χ2n) is 5.43. The van der Waals surface area contributed by atoms with Gasteiger partial charge in [-0.2, -0.15) is 0 Å². The minimum atomic E-state index is -0.892. The number of aliphatic carboxylic acids is 1. The normalized spacial score (nSPS) is 20.6. The third kappa shape index (κ3) is 4.46. The van der Waals surface area contributed by atoms with Gasteiger partial charge in [0.2, 0.25) is 0 Å². The molecule has 1 aromatic rings. The molecule has 1 aliphatic rings. The zero-order valence-electron chi connectivity index (χ0n) is 12.0. The average Bonchev–Trinajstić information content (AvgIpc) is 2.87. The summed E-state index contributed by atoms with van der Waals surface area (Å²) in [7, 11) is 0. The van der Waals surface area contributed by atoms with Gasteiger partial charge < -0.3 is 5.11 Å². The van der Waals surface area contributed by atoms with Crippen molar-refractivity contribution in [3.63, 3.8) is 0 Å². The number of piperidine rings is 1. The van der Waals surface area contributed by atoms with Gasteiger partial charge >= 0.3 is 5.97 Å². The van der Waals surface area contributed by atoms with Gasteiger partial charge in [0.1, 0.15) is 0 Å². The van der Waals surface area contributed by atoms with E-state index in [1.807, 2.05) is 5.38 Å². The van der Waals surface area contributed by atoms with Crippen molar-refractivity contribution in [2.45, 2.75) is 51.6 Å². The van der Waals surface area contributed by atoms with Crippen molar-refractivity contribution in [3.05, 3.63) is 28.0 Å². The zero-order valence-corrected chi connectivity index (χ0v) is 12.9. The molecule has 1 N–H and O–H groups in total. The van der Waals surface area contributed by atoms with Crippen molar-refractivity contribution in [2.24, 2.45) is 0 Å². The van der Waals surface area contributed by atoms with Crippen LogP contribution in [0.1, 0.15) is 49.5 Å². The van der Waals surface area contributed by atoms with Crippen LogP contribution >= 0.6 is 11.3 Å². The van der Waals surface area contributed by atoms with Gasteiger partial charge in [-0.15, -0.1) is 11.3 Å². The van der Waals surface area contributed by atoms with Gasteiger partial charge in [0.15, 0.2) is 0 Å². The summed E-state index contributed by atoms with van der Waals surface area (Å²) in [6, 6.07) is 2.84. The highest BCUT2D eigenvalue weighted by Crippen LogP contribution is 2.25. The number of carboxylic acids is 1. The Kier molecular flexibility index (Phi) is 5.80. The van der Waals surface area contributed by atoms with E-state index in [9.17, 15) is 4.79 Å². The second-order valence-corrected chi connectivity index (χ2v) is 6.42. The Morgan fingerprint density at radius 3 is 3.15 bits per heavy atom. The highest BCUT2D eigenvalue weighted by atomic mass is 32.1. The maximum Gasteiger partial charge on any atom is 0.328 e. The molecule has 1 aromatic heterocycles. The second kappa shape index (κ2) is 7.60. The Balaban J connectivity index is 1.96. The molecule has 0 amide bonds. The van der Waals surface area contributed by atoms with Crippen molar-refractivity contribution in [3.8, 4) is 0 Å². The topological polar surface area (TPSA) is 40.5 Å². The molecule has 4 heteroatoms. The molecule has 2 rings (SSSR count). The van der Waals surface area contributed by atoms with E-state index < -0.39 is 5.97 Å². The summed E-state index contributed by atoms with van der Waals surface area (Å²) in [6.45, 7) is 4.46. The molecule has 20 heavy (non-hydrogen) atoms. The maximum atomic E-state index is 10.5. The number of likely N-dealkylation sites (tertiary alicyclic amines) is 1. The van der Waals surface area contributed by atoms with Crippen molar-refractivity contribution >= 4 is 23.4 Å². The fourth-order valence-corrected chi connectivity index (χ4v) is 3.74. The number of nitrogens with zero attached hydrogens (tertiary/aromatic N) is 1. The van der Waals surface area contributed by atoms with Crippen LogP contribution < -0.4 is 0 Å². The van der Waals surface area contributed by atoms with Crippen molar-refractivity contribution in [1.29, 1.82) is 0 Å². The molecule has 3 nitrogen and oxygen atoms in total. The molecular weight excluding hydrogens is 270 g/mol. The van der Waals surface area contributed by atoms with E-state index in [0.29, 0.717) is 0 Å². The first-order valence-corrected chi connectivity index (χ1v) is 8.29. The van der Waals surface area contributed by atoms with Gasteiger partial charge in [-0.1, -0.05) is 19.8 Å². The average molecular weight is 293 g/mol. The van der Waals surface area contributed by atoms with E-state index in [0.717, 1.165) is 18.2 Å². The summed E-state index contributed by atoms with van der Waals surface area (Å²) in [5.41, 5.74) is 0.997. The van der Waals surface area contributed by atoms with Gasteiger partial charge in [-0.3, -0.25) is 4.90 Å². The molecule has 0 spiro atoms. The highest BCUT2D eigenvalue weighted by molar-refractivity contribution is 7.10. The first-order valence-electron chi connectivity index (χ1n) is 7.41. The highest BCUT2D eigenvalue weighted by Gasteiger charge is 2.21. The van der Waals surface area contributed by atoms with Crippen LogP contribution in [-0.4, -0.2) is 28.6 Å². The van der Waals surface area contributed by atoms with Crippen LogP contribution in [0.2, 0.25) is 0 Å². The lowest BCUT2D eigenvalue weighted by Crippen LogP contribution is -2.38. The van der Waals surface area contributed by atoms with Crippen LogP contribution in [0, 0.1) is 0 Å². The summed E-state index contributed by atoms with van der Waals surface area (Å²) < 4.78 is 0. The molecule has 0 saturated carbocycles. The number of carbonyl (C=O) groups is 1. The largest absolute Gasteiger partial charge is 0.478 e. The number of hydrogen-bond acceptors (Lipinski definition) is 3. The Hall–Kier alpha value is -1.13. The molecule has 1 aliphatic heterocycles. The molecule has 1 atom stereocenters. The minimum Gasteiger partial charge on any atom is -0.478 e. The zero-order chi connectivity index (χ0) is 14.4. The molecule has 1 fully saturated rings. The summed E-state index contributed by atoms with van der Waals surface area (Å²) >= 11 is 1.73. The van der Waals surface area contributed by atoms with Gasteiger partial charge in [-0.25, -0.2) is 4.79 Å². The Morgan fingerprint density at radius 1 is 1.55 bits per heavy atom. The summed E-state index contributed by atoms with van der Waals surface area (Å²) in [5, 5.41) is 10.7. The minimum absolute atomic E-state index is 0.730.